The third kappa shape index (κ3) is 4.39. The predicted molar refractivity (Wildman–Crippen MR) is 84.7 cm³/mol. The Balaban J connectivity index is 1.98. The monoisotopic (exact) mass is 285 g/mol. The number of aliphatic hydroxyl groups excluding tert-OH is 1. The second kappa shape index (κ2) is 6.85. The third-order valence-corrected chi connectivity index (χ3v) is 3.61. The summed E-state index contributed by atoms with van der Waals surface area (Å²) in [5.41, 5.74) is 1.89. The molecule has 0 aliphatic rings. The number of rotatable bonds is 6. The van der Waals surface area contributed by atoms with Crippen LogP contribution in [-0.4, -0.2) is 16.3 Å². The molecule has 1 unspecified atom stereocenters. The van der Waals surface area contributed by atoms with Crippen molar-refractivity contribution in [3.63, 3.8) is 0 Å². The molecular weight excluding hydrogens is 262 g/mol. The third-order valence-electron chi connectivity index (χ3n) is 3.61. The maximum atomic E-state index is 10.6. The summed E-state index contributed by atoms with van der Waals surface area (Å²) >= 11 is 0. The van der Waals surface area contributed by atoms with Crippen molar-refractivity contribution in [2.75, 3.05) is 0 Å². The van der Waals surface area contributed by atoms with Gasteiger partial charge in [0.15, 0.2) is 0 Å². The lowest BCUT2D eigenvalue weighted by Gasteiger charge is -2.29. The van der Waals surface area contributed by atoms with E-state index in [1.165, 1.54) is 5.56 Å². The van der Waals surface area contributed by atoms with Crippen LogP contribution in [0.15, 0.2) is 54.6 Å². The first-order valence-corrected chi connectivity index (χ1v) is 7.25. The minimum atomic E-state index is -1.05. The van der Waals surface area contributed by atoms with E-state index in [0.29, 0.717) is 0 Å². The van der Waals surface area contributed by atoms with Gasteiger partial charge < -0.3 is 10.2 Å². The quantitative estimate of drug-likeness (QED) is 0.715. The minimum Gasteiger partial charge on any atom is -0.392 e. The van der Waals surface area contributed by atoms with Crippen molar-refractivity contribution in [2.24, 2.45) is 0 Å². The molecule has 0 saturated heterocycles. The summed E-state index contributed by atoms with van der Waals surface area (Å²) in [7, 11) is 0. The Bertz CT molecular complexity index is 549. The van der Waals surface area contributed by atoms with Gasteiger partial charge in [0.1, 0.15) is 5.72 Å². The van der Waals surface area contributed by atoms with Crippen LogP contribution < -0.4 is 5.32 Å². The molecule has 3 N–H and O–H groups in total. The molecule has 0 spiro atoms. The second-order valence-corrected chi connectivity index (χ2v) is 5.66. The highest BCUT2D eigenvalue weighted by Crippen LogP contribution is 2.18. The van der Waals surface area contributed by atoms with Gasteiger partial charge in [0.25, 0.3) is 0 Å². The Hall–Kier alpha value is -1.68. The summed E-state index contributed by atoms with van der Waals surface area (Å²) in [6, 6.07) is 17.6. The minimum absolute atomic E-state index is 0.0663. The Kier molecular flexibility index (Phi) is 5.12. The fraction of sp³-hybridized carbons (Fsp3) is 0.333. The van der Waals surface area contributed by atoms with Crippen molar-refractivity contribution in [1.29, 1.82) is 0 Å². The van der Waals surface area contributed by atoms with Gasteiger partial charge in [-0.1, -0.05) is 54.6 Å². The van der Waals surface area contributed by atoms with E-state index in [9.17, 15) is 5.11 Å². The molecule has 0 aliphatic heterocycles. The highest BCUT2D eigenvalue weighted by molar-refractivity contribution is 5.24. The molecule has 0 aliphatic carbocycles. The van der Waals surface area contributed by atoms with Crippen LogP contribution in [-0.2, 0) is 18.8 Å². The molecule has 3 heteroatoms. The van der Waals surface area contributed by atoms with Crippen LogP contribution in [0, 0.1) is 0 Å². The summed E-state index contributed by atoms with van der Waals surface area (Å²) < 4.78 is 0. The molecular formula is C18H23NO2. The van der Waals surface area contributed by atoms with E-state index in [4.69, 9.17) is 5.11 Å². The zero-order chi connectivity index (χ0) is 15.3. The Morgan fingerprint density at radius 3 is 2.14 bits per heavy atom. The average Bonchev–Trinajstić information content (AvgIpc) is 2.48. The van der Waals surface area contributed by atoms with E-state index in [2.05, 4.69) is 12.2 Å². The van der Waals surface area contributed by atoms with Crippen molar-refractivity contribution in [2.45, 2.75) is 38.6 Å². The van der Waals surface area contributed by atoms with Gasteiger partial charge in [-0.3, -0.25) is 5.32 Å². The molecule has 0 heterocycles. The van der Waals surface area contributed by atoms with E-state index in [1.807, 2.05) is 54.6 Å². The maximum Gasteiger partial charge on any atom is 0.139 e. The average molecular weight is 285 g/mol. The lowest BCUT2D eigenvalue weighted by Crippen LogP contribution is -2.45. The predicted octanol–water partition coefficient (Wildman–Crippen LogP) is 2.56. The number of nitrogens with one attached hydrogen (secondary N) is 1. The van der Waals surface area contributed by atoms with Crippen molar-refractivity contribution in [3.8, 4) is 0 Å². The van der Waals surface area contributed by atoms with E-state index in [-0.39, 0.29) is 12.6 Å². The van der Waals surface area contributed by atoms with E-state index < -0.39 is 5.72 Å². The van der Waals surface area contributed by atoms with Crippen LogP contribution in [0.5, 0.6) is 0 Å². The van der Waals surface area contributed by atoms with Crippen LogP contribution >= 0.6 is 0 Å². The van der Waals surface area contributed by atoms with Gasteiger partial charge in [0.05, 0.1) is 6.61 Å². The maximum absolute atomic E-state index is 10.6. The standard InChI is InChI=1S/C18H23NO2/c1-14(12-15-8-10-16(13-20)11-9-15)19-18(2,21)17-6-4-3-5-7-17/h3-11,14,19-21H,12-13H2,1-2H3/t14?,18-/m1/s1. The molecule has 0 aromatic heterocycles. The molecule has 2 aromatic carbocycles. The highest BCUT2D eigenvalue weighted by atomic mass is 16.3. The zero-order valence-corrected chi connectivity index (χ0v) is 12.6. The molecule has 112 valence electrons. The van der Waals surface area contributed by atoms with Gasteiger partial charge >= 0.3 is 0 Å². The van der Waals surface area contributed by atoms with E-state index in [0.717, 1.165) is 17.5 Å². The zero-order valence-electron chi connectivity index (χ0n) is 12.6. The van der Waals surface area contributed by atoms with Gasteiger partial charge in [0, 0.05) is 6.04 Å². The first kappa shape index (κ1) is 15.7. The molecule has 0 radical (unpaired) electrons. The highest BCUT2D eigenvalue weighted by Gasteiger charge is 2.24. The normalized spacial score (nSPS) is 15.4. The van der Waals surface area contributed by atoms with Gasteiger partial charge in [0.2, 0.25) is 0 Å². The van der Waals surface area contributed by atoms with Crippen molar-refractivity contribution < 1.29 is 10.2 Å². The Morgan fingerprint density at radius 1 is 1.00 bits per heavy atom. The van der Waals surface area contributed by atoms with Crippen molar-refractivity contribution in [3.05, 3.63) is 71.3 Å². The number of aliphatic hydroxyl groups is 2. The Morgan fingerprint density at radius 2 is 1.57 bits per heavy atom. The van der Waals surface area contributed by atoms with E-state index in [1.54, 1.807) is 6.92 Å². The first-order chi connectivity index (χ1) is 10.0. The summed E-state index contributed by atoms with van der Waals surface area (Å²) in [6.07, 6.45) is 0.814. The van der Waals surface area contributed by atoms with Gasteiger partial charge in [-0.05, 0) is 37.0 Å². The molecule has 2 atom stereocenters. The smallest absolute Gasteiger partial charge is 0.139 e. The molecule has 0 saturated carbocycles. The van der Waals surface area contributed by atoms with E-state index >= 15 is 0 Å². The summed E-state index contributed by atoms with van der Waals surface area (Å²) in [6.45, 7) is 3.89. The Labute approximate surface area is 126 Å². The number of hydrogen-bond donors (Lipinski definition) is 3. The molecule has 2 rings (SSSR count). The topological polar surface area (TPSA) is 52.5 Å². The summed E-state index contributed by atoms with van der Waals surface area (Å²) in [4.78, 5) is 0. The largest absolute Gasteiger partial charge is 0.392 e. The first-order valence-electron chi connectivity index (χ1n) is 7.25. The molecule has 0 amide bonds. The SMILES string of the molecule is CC(Cc1ccc(CO)cc1)N[C@](C)(O)c1ccccc1. The summed E-state index contributed by atoms with van der Waals surface area (Å²) in [5.74, 6) is 0. The molecule has 3 nitrogen and oxygen atoms in total. The lowest BCUT2D eigenvalue weighted by molar-refractivity contribution is 0.00971. The van der Waals surface area contributed by atoms with Crippen molar-refractivity contribution >= 4 is 0 Å². The summed E-state index contributed by atoms with van der Waals surface area (Å²) in [5, 5.41) is 22.9. The number of benzene rings is 2. The molecule has 0 bridgehead atoms. The van der Waals surface area contributed by atoms with Crippen LogP contribution in [0.1, 0.15) is 30.5 Å². The van der Waals surface area contributed by atoms with Gasteiger partial charge in [-0.15, -0.1) is 0 Å². The molecule has 21 heavy (non-hydrogen) atoms. The second-order valence-electron chi connectivity index (χ2n) is 5.66. The van der Waals surface area contributed by atoms with Crippen LogP contribution in [0.2, 0.25) is 0 Å². The fourth-order valence-corrected chi connectivity index (χ4v) is 2.51. The number of hydrogen-bond acceptors (Lipinski definition) is 3. The fourth-order valence-electron chi connectivity index (χ4n) is 2.51. The lowest BCUT2D eigenvalue weighted by atomic mass is 10.0. The van der Waals surface area contributed by atoms with Crippen LogP contribution in [0.3, 0.4) is 0 Å². The van der Waals surface area contributed by atoms with Crippen molar-refractivity contribution in [1.82, 2.24) is 5.32 Å². The molecule has 2 aromatic rings. The van der Waals surface area contributed by atoms with Gasteiger partial charge in [-0.2, -0.15) is 0 Å². The van der Waals surface area contributed by atoms with Crippen LogP contribution in [0.4, 0.5) is 0 Å². The van der Waals surface area contributed by atoms with Crippen LogP contribution in [0.25, 0.3) is 0 Å². The molecule has 0 fully saturated rings. The van der Waals surface area contributed by atoms with Gasteiger partial charge in [-0.25, -0.2) is 0 Å².